The van der Waals surface area contributed by atoms with E-state index < -0.39 is 0 Å². The molecule has 1 heterocycles. The van der Waals surface area contributed by atoms with Crippen LogP contribution in [0.2, 0.25) is 0 Å². The van der Waals surface area contributed by atoms with Crippen LogP contribution in [0, 0.1) is 0 Å². The largest absolute Gasteiger partial charge is 0.494 e. The Labute approximate surface area is 236 Å². The number of nitrogens with zero attached hydrogens (tertiary/aromatic N) is 3. The van der Waals surface area contributed by atoms with Crippen LogP contribution in [-0.4, -0.2) is 68.8 Å². The summed E-state index contributed by atoms with van der Waals surface area (Å²) in [5.74, 6) is 0.739. The smallest absolute Gasteiger partial charge is 0.246 e. The van der Waals surface area contributed by atoms with E-state index in [9.17, 15) is 4.79 Å². The number of nitrogens with one attached hydrogen (secondary N) is 3. The van der Waals surface area contributed by atoms with Crippen molar-refractivity contribution in [2.24, 2.45) is 5.10 Å². The molecule has 8 heteroatoms. The Morgan fingerprint density at radius 1 is 1.18 bits per heavy atom. The lowest BCUT2D eigenvalue weighted by molar-refractivity contribution is -0.127. The number of benzene rings is 1. The van der Waals surface area contributed by atoms with Gasteiger partial charge >= 0.3 is 0 Å². The lowest BCUT2D eigenvalue weighted by atomic mass is 9.99. The lowest BCUT2D eigenvalue weighted by Gasteiger charge is -2.31. The van der Waals surface area contributed by atoms with Gasteiger partial charge in [-0.3, -0.25) is 10.2 Å². The zero-order valence-electron chi connectivity index (χ0n) is 25.0. The Hall–Kier alpha value is -3.26. The molecule has 3 rings (SSSR count). The number of carbonyl (C=O) groups is 1. The first kappa shape index (κ1) is 32.0. The number of hydrogen-bond donors (Lipinski definition) is 3. The SMILES string of the molecule is CC.CCCCc1cc(NN/N=C/C2=CC=CCCC2)c(/C=C/C(=O)N2CCN(C)CC2)c(OC)c1NCC. The van der Waals surface area contributed by atoms with Crippen LogP contribution in [0.25, 0.3) is 6.08 Å². The molecule has 216 valence electrons. The summed E-state index contributed by atoms with van der Waals surface area (Å²) in [6.45, 7) is 12.3. The van der Waals surface area contributed by atoms with Gasteiger partial charge in [0.2, 0.25) is 5.91 Å². The number of hydrazone groups is 1. The van der Waals surface area contributed by atoms with E-state index in [4.69, 9.17) is 4.74 Å². The van der Waals surface area contributed by atoms with E-state index in [1.165, 1.54) is 11.1 Å². The Bertz CT molecular complexity index is 1010. The number of methoxy groups -OCH3 is 1. The second-order valence-corrected chi connectivity index (χ2v) is 9.56. The first-order valence-corrected chi connectivity index (χ1v) is 14.6. The molecule has 0 radical (unpaired) electrons. The number of hydrogen-bond acceptors (Lipinski definition) is 7. The number of likely N-dealkylation sites (N-methyl/N-ethyl adjacent to an activating group) is 1. The highest BCUT2D eigenvalue weighted by Gasteiger charge is 2.20. The van der Waals surface area contributed by atoms with Crippen molar-refractivity contribution in [1.29, 1.82) is 0 Å². The molecule has 8 nitrogen and oxygen atoms in total. The van der Waals surface area contributed by atoms with Crippen molar-refractivity contribution in [2.75, 3.05) is 57.6 Å². The van der Waals surface area contributed by atoms with Crippen LogP contribution in [0.3, 0.4) is 0 Å². The maximum absolute atomic E-state index is 13.0. The summed E-state index contributed by atoms with van der Waals surface area (Å²) in [5, 5.41) is 7.90. The van der Waals surface area contributed by atoms with Crippen LogP contribution in [0.4, 0.5) is 11.4 Å². The third-order valence-electron chi connectivity index (χ3n) is 6.73. The van der Waals surface area contributed by atoms with Crippen LogP contribution >= 0.6 is 0 Å². The fraction of sp³-hybridized carbons (Fsp3) is 0.548. The Kier molecular flexibility index (Phi) is 14.8. The molecule has 1 aromatic carbocycles. The molecule has 0 unspecified atom stereocenters. The highest BCUT2D eigenvalue weighted by atomic mass is 16.5. The van der Waals surface area contributed by atoms with Crippen molar-refractivity contribution in [3.05, 3.63) is 47.1 Å². The van der Waals surface area contributed by atoms with Crippen LogP contribution in [-0.2, 0) is 11.2 Å². The van der Waals surface area contributed by atoms with Crippen LogP contribution < -0.4 is 21.0 Å². The predicted octanol–water partition coefficient (Wildman–Crippen LogP) is 5.85. The first-order valence-electron chi connectivity index (χ1n) is 14.6. The number of allylic oxidation sites excluding steroid dienone is 4. The summed E-state index contributed by atoms with van der Waals surface area (Å²) < 4.78 is 5.93. The van der Waals surface area contributed by atoms with Gasteiger partial charge in [-0.05, 0) is 69.4 Å². The third-order valence-corrected chi connectivity index (χ3v) is 6.73. The molecular formula is C31H50N6O2. The van der Waals surface area contributed by atoms with E-state index in [0.29, 0.717) is 0 Å². The number of hydrazine groups is 1. The number of piperazine rings is 1. The summed E-state index contributed by atoms with van der Waals surface area (Å²) in [5.41, 5.74) is 11.2. The van der Waals surface area contributed by atoms with Gasteiger partial charge in [0.05, 0.1) is 24.7 Å². The molecule has 0 aromatic heterocycles. The number of carbonyl (C=O) groups excluding carboxylic acids is 1. The molecule has 1 amide bonds. The minimum atomic E-state index is 0.0144. The van der Waals surface area contributed by atoms with Gasteiger partial charge < -0.3 is 19.9 Å². The van der Waals surface area contributed by atoms with Gasteiger partial charge in [-0.25, -0.2) is 5.53 Å². The van der Waals surface area contributed by atoms with Gasteiger partial charge in [0.15, 0.2) is 5.75 Å². The van der Waals surface area contributed by atoms with Gasteiger partial charge in [0.1, 0.15) is 0 Å². The average Bonchev–Trinajstić information content (AvgIpc) is 3.24. The molecule has 0 spiro atoms. The molecule has 1 aliphatic carbocycles. The molecule has 1 aliphatic heterocycles. The first-order chi connectivity index (χ1) is 19.1. The molecule has 0 saturated carbocycles. The van der Waals surface area contributed by atoms with Crippen LogP contribution in [0.15, 0.2) is 41.0 Å². The van der Waals surface area contributed by atoms with E-state index in [1.54, 1.807) is 13.2 Å². The van der Waals surface area contributed by atoms with Gasteiger partial charge in [0.25, 0.3) is 0 Å². The molecule has 39 heavy (non-hydrogen) atoms. The maximum Gasteiger partial charge on any atom is 0.246 e. The van der Waals surface area contributed by atoms with Gasteiger partial charge in [-0.15, -0.1) is 0 Å². The van der Waals surface area contributed by atoms with Crippen molar-refractivity contribution < 1.29 is 9.53 Å². The van der Waals surface area contributed by atoms with Crippen LogP contribution in [0.1, 0.15) is 70.9 Å². The van der Waals surface area contributed by atoms with E-state index in [0.717, 1.165) is 93.9 Å². The van der Waals surface area contributed by atoms with E-state index in [1.807, 2.05) is 31.0 Å². The fourth-order valence-electron chi connectivity index (χ4n) is 4.54. The molecular weight excluding hydrogens is 488 g/mol. The van der Waals surface area contributed by atoms with Crippen molar-refractivity contribution in [2.45, 2.75) is 66.2 Å². The van der Waals surface area contributed by atoms with Crippen LogP contribution in [0.5, 0.6) is 5.75 Å². The second kappa shape index (κ2) is 18.1. The number of rotatable bonds is 12. The highest BCUT2D eigenvalue weighted by Crippen LogP contribution is 2.39. The molecule has 1 fully saturated rings. The van der Waals surface area contributed by atoms with Crippen molar-refractivity contribution in [1.82, 2.24) is 15.3 Å². The zero-order valence-corrected chi connectivity index (χ0v) is 25.0. The minimum absolute atomic E-state index is 0.0144. The Balaban J connectivity index is 0.00000260. The van der Waals surface area contributed by atoms with E-state index in [-0.39, 0.29) is 5.91 Å². The number of ether oxygens (including phenoxy) is 1. The van der Waals surface area contributed by atoms with E-state index in [2.05, 4.69) is 71.5 Å². The summed E-state index contributed by atoms with van der Waals surface area (Å²) in [6, 6.07) is 2.13. The topological polar surface area (TPSA) is 81.2 Å². The van der Waals surface area contributed by atoms with Crippen molar-refractivity contribution in [3.63, 3.8) is 0 Å². The summed E-state index contributed by atoms with van der Waals surface area (Å²) in [6.07, 6.45) is 18.1. The second-order valence-electron chi connectivity index (χ2n) is 9.56. The maximum atomic E-state index is 13.0. The molecule has 0 bridgehead atoms. The number of unbranched alkanes of at least 4 members (excludes halogenated alkanes) is 1. The molecule has 1 saturated heterocycles. The highest BCUT2D eigenvalue weighted by molar-refractivity contribution is 5.94. The normalized spacial score (nSPS) is 15.9. The third kappa shape index (κ3) is 10.1. The summed E-state index contributed by atoms with van der Waals surface area (Å²) >= 11 is 0. The average molecular weight is 539 g/mol. The monoisotopic (exact) mass is 538 g/mol. The Morgan fingerprint density at radius 3 is 2.64 bits per heavy atom. The molecule has 0 atom stereocenters. The number of amides is 1. The number of aryl methyl sites for hydroxylation is 1. The van der Waals surface area contributed by atoms with E-state index >= 15 is 0 Å². The molecule has 1 aromatic rings. The lowest BCUT2D eigenvalue weighted by Crippen LogP contribution is -2.46. The van der Waals surface area contributed by atoms with Gasteiger partial charge in [-0.2, -0.15) is 5.10 Å². The van der Waals surface area contributed by atoms with Gasteiger partial charge in [0, 0.05) is 44.4 Å². The standard InChI is InChI=1S/C29H44N6O2.C2H6/c1-5-7-14-24-21-26(32-33-31-22-23-12-10-8-9-11-13-23)25(29(37-4)28(24)30-6-2)15-16-27(36)35-19-17-34(3)18-20-35;1-2/h8,10,12,15-16,21-22,30,32-33H,5-7,9,11,13-14,17-20H2,1-4H3;1-2H3/b16-15+,31-22+;. The van der Waals surface area contributed by atoms with Crippen molar-refractivity contribution >= 4 is 29.6 Å². The molecule has 3 N–H and O–H groups in total. The fourth-order valence-corrected chi connectivity index (χ4v) is 4.54. The quantitative estimate of drug-likeness (QED) is 0.176. The minimum Gasteiger partial charge on any atom is -0.494 e. The summed E-state index contributed by atoms with van der Waals surface area (Å²) in [7, 11) is 3.77. The van der Waals surface area contributed by atoms with Crippen molar-refractivity contribution in [3.8, 4) is 5.75 Å². The van der Waals surface area contributed by atoms with Gasteiger partial charge in [-0.1, -0.05) is 45.4 Å². The Morgan fingerprint density at radius 2 is 1.95 bits per heavy atom. The molecule has 2 aliphatic rings. The number of anilines is 2. The summed E-state index contributed by atoms with van der Waals surface area (Å²) in [4.78, 5) is 17.1. The predicted molar refractivity (Wildman–Crippen MR) is 167 cm³/mol. The zero-order chi connectivity index (χ0) is 28.5.